The summed E-state index contributed by atoms with van der Waals surface area (Å²) < 4.78 is 10.6. The summed E-state index contributed by atoms with van der Waals surface area (Å²) >= 11 is 0. The Labute approximate surface area is 98.4 Å². The van der Waals surface area contributed by atoms with Crippen molar-refractivity contribution in [3.05, 3.63) is 45.2 Å². The highest BCUT2D eigenvalue weighted by Crippen LogP contribution is 2.16. The lowest BCUT2D eigenvalue weighted by atomic mass is 10.2. The smallest absolute Gasteiger partial charge is 0.223 e. The summed E-state index contributed by atoms with van der Waals surface area (Å²) in [5, 5.41) is 3.83. The van der Waals surface area contributed by atoms with E-state index in [4.69, 9.17) is 9.26 Å². The molecule has 1 N–H and O–H groups in total. The maximum atomic E-state index is 11.6. The first-order chi connectivity index (χ1) is 8.09. The summed E-state index contributed by atoms with van der Waals surface area (Å²) in [6, 6.07) is 1.44. The summed E-state index contributed by atoms with van der Waals surface area (Å²) in [5.74, 6) is 1.06. The third kappa shape index (κ3) is 2.22. The summed E-state index contributed by atoms with van der Waals surface area (Å²) in [6.45, 7) is 5.75. The predicted octanol–water partition coefficient (Wildman–Crippen LogP) is 1.87. The van der Waals surface area contributed by atoms with Gasteiger partial charge in [0.15, 0.2) is 5.75 Å². The van der Waals surface area contributed by atoms with Gasteiger partial charge in [-0.2, -0.15) is 0 Å². The van der Waals surface area contributed by atoms with Gasteiger partial charge in [0.2, 0.25) is 5.43 Å². The molecule has 0 aliphatic rings. The van der Waals surface area contributed by atoms with E-state index in [0.717, 1.165) is 11.3 Å². The van der Waals surface area contributed by atoms with E-state index in [1.54, 1.807) is 13.1 Å². The van der Waals surface area contributed by atoms with Gasteiger partial charge in [0, 0.05) is 12.3 Å². The van der Waals surface area contributed by atoms with Crippen molar-refractivity contribution in [2.45, 2.75) is 27.4 Å². The minimum absolute atomic E-state index is 0.131. The Hall–Kier alpha value is -2.04. The third-order valence-corrected chi connectivity index (χ3v) is 2.64. The molecule has 17 heavy (non-hydrogen) atoms. The van der Waals surface area contributed by atoms with Crippen molar-refractivity contribution in [2.24, 2.45) is 0 Å². The first kappa shape index (κ1) is 11.4. The highest BCUT2D eigenvalue weighted by atomic mass is 16.5. The summed E-state index contributed by atoms with van der Waals surface area (Å²) in [7, 11) is 0. The fourth-order valence-corrected chi connectivity index (χ4v) is 1.60. The number of H-pyrrole nitrogens is 1. The molecule has 0 amide bonds. The van der Waals surface area contributed by atoms with Gasteiger partial charge in [-0.1, -0.05) is 5.16 Å². The number of hydrogen-bond acceptors (Lipinski definition) is 4. The van der Waals surface area contributed by atoms with Crippen LogP contribution in [0.5, 0.6) is 5.75 Å². The minimum Gasteiger partial charge on any atom is -0.483 e. The number of ether oxygens (including phenoxy) is 1. The van der Waals surface area contributed by atoms with Crippen LogP contribution in [0, 0.1) is 20.8 Å². The second kappa shape index (κ2) is 4.45. The zero-order chi connectivity index (χ0) is 12.4. The average molecular weight is 234 g/mol. The molecule has 0 radical (unpaired) electrons. The maximum absolute atomic E-state index is 11.6. The Morgan fingerprint density at radius 1 is 1.41 bits per heavy atom. The quantitative estimate of drug-likeness (QED) is 0.880. The van der Waals surface area contributed by atoms with Gasteiger partial charge in [-0.05, 0) is 20.8 Å². The van der Waals surface area contributed by atoms with Crippen LogP contribution in [0.1, 0.15) is 22.7 Å². The van der Waals surface area contributed by atoms with Crippen LogP contribution in [0.2, 0.25) is 0 Å². The van der Waals surface area contributed by atoms with Gasteiger partial charge in [0.1, 0.15) is 12.4 Å². The highest BCUT2D eigenvalue weighted by Gasteiger charge is 2.11. The van der Waals surface area contributed by atoms with E-state index in [1.807, 2.05) is 13.8 Å². The van der Waals surface area contributed by atoms with E-state index in [0.29, 0.717) is 17.2 Å². The molecule has 5 heteroatoms. The van der Waals surface area contributed by atoms with E-state index >= 15 is 0 Å². The van der Waals surface area contributed by atoms with E-state index < -0.39 is 0 Å². The molecule has 2 aromatic heterocycles. The maximum Gasteiger partial charge on any atom is 0.223 e. The van der Waals surface area contributed by atoms with Gasteiger partial charge in [0.25, 0.3) is 0 Å². The van der Waals surface area contributed by atoms with Crippen LogP contribution >= 0.6 is 0 Å². The Morgan fingerprint density at radius 3 is 2.76 bits per heavy atom. The lowest BCUT2D eigenvalue weighted by Crippen LogP contribution is -2.10. The standard InChI is InChI=1S/C12H14N2O3/c1-7-10(9(3)17-14-7)6-16-12-8(2)13-5-4-11(12)15/h4-5H,6H2,1-3H3,(H,13,15). The Balaban J connectivity index is 2.21. The number of pyridine rings is 1. The zero-order valence-electron chi connectivity index (χ0n) is 10.0. The first-order valence-corrected chi connectivity index (χ1v) is 5.32. The van der Waals surface area contributed by atoms with Crippen molar-refractivity contribution in [3.8, 4) is 5.75 Å². The van der Waals surface area contributed by atoms with Crippen molar-refractivity contribution in [1.82, 2.24) is 10.1 Å². The molecule has 2 rings (SSSR count). The Morgan fingerprint density at radius 2 is 2.18 bits per heavy atom. The van der Waals surface area contributed by atoms with Gasteiger partial charge in [-0.25, -0.2) is 0 Å². The van der Waals surface area contributed by atoms with E-state index in [-0.39, 0.29) is 12.0 Å². The van der Waals surface area contributed by atoms with Crippen LogP contribution in [0.15, 0.2) is 21.6 Å². The van der Waals surface area contributed by atoms with Crippen molar-refractivity contribution in [3.63, 3.8) is 0 Å². The molecule has 0 atom stereocenters. The molecule has 0 spiro atoms. The van der Waals surface area contributed by atoms with Crippen LogP contribution in [-0.2, 0) is 6.61 Å². The van der Waals surface area contributed by atoms with E-state index in [9.17, 15) is 4.79 Å². The molecular weight excluding hydrogens is 220 g/mol. The SMILES string of the molecule is Cc1noc(C)c1COc1c(C)[nH]ccc1=O. The zero-order valence-corrected chi connectivity index (χ0v) is 10.0. The molecule has 2 aromatic rings. The van der Waals surface area contributed by atoms with Crippen LogP contribution in [0.3, 0.4) is 0 Å². The van der Waals surface area contributed by atoms with E-state index in [2.05, 4.69) is 10.1 Å². The van der Waals surface area contributed by atoms with Gasteiger partial charge < -0.3 is 14.2 Å². The van der Waals surface area contributed by atoms with Gasteiger partial charge in [0.05, 0.1) is 17.0 Å². The number of rotatable bonds is 3. The van der Waals surface area contributed by atoms with E-state index in [1.165, 1.54) is 6.07 Å². The largest absolute Gasteiger partial charge is 0.483 e. The summed E-state index contributed by atoms with van der Waals surface area (Å²) in [4.78, 5) is 14.5. The number of aromatic amines is 1. The topological polar surface area (TPSA) is 68.1 Å². The molecule has 2 heterocycles. The van der Waals surface area contributed by atoms with Crippen molar-refractivity contribution in [2.75, 3.05) is 0 Å². The van der Waals surface area contributed by atoms with Crippen molar-refractivity contribution in [1.29, 1.82) is 0 Å². The second-order valence-corrected chi connectivity index (χ2v) is 3.89. The number of nitrogens with zero attached hydrogens (tertiary/aromatic N) is 1. The molecule has 0 unspecified atom stereocenters. The molecule has 0 aromatic carbocycles. The number of nitrogens with one attached hydrogen (secondary N) is 1. The second-order valence-electron chi connectivity index (χ2n) is 3.89. The monoisotopic (exact) mass is 234 g/mol. The lowest BCUT2D eigenvalue weighted by molar-refractivity contribution is 0.295. The number of aromatic nitrogens is 2. The van der Waals surface area contributed by atoms with Crippen molar-refractivity contribution < 1.29 is 9.26 Å². The first-order valence-electron chi connectivity index (χ1n) is 5.32. The summed E-state index contributed by atoms with van der Waals surface area (Å²) in [5.41, 5.74) is 2.25. The van der Waals surface area contributed by atoms with Gasteiger partial charge in [-0.15, -0.1) is 0 Å². The molecular formula is C12H14N2O3. The number of aryl methyl sites for hydroxylation is 3. The minimum atomic E-state index is -0.131. The Kier molecular flexibility index (Phi) is 2.99. The molecule has 90 valence electrons. The van der Waals surface area contributed by atoms with Crippen LogP contribution in [0.25, 0.3) is 0 Å². The summed E-state index contributed by atoms with van der Waals surface area (Å²) in [6.07, 6.45) is 1.60. The molecule has 0 bridgehead atoms. The third-order valence-electron chi connectivity index (χ3n) is 2.64. The van der Waals surface area contributed by atoms with Gasteiger partial charge >= 0.3 is 0 Å². The molecule has 0 saturated heterocycles. The number of hydrogen-bond donors (Lipinski definition) is 1. The molecule has 5 nitrogen and oxygen atoms in total. The Bertz CT molecular complexity index is 564. The van der Waals surface area contributed by atoms with Crippen LogP contribution < -0.4 is 10.2 Å². The molecule has 0 fully saturated rings. The molecule has 0 aliphatic carbocycles. The van der Waals surface area contributed by atoms with Gasteiger partial charge in [-0.3, -0.25) is 4.79 Å². The predicted molar refractivity (Wildman–Crippen MR) is 62.1 cm³/mol. The van der Waals surface area contributed by atoms with Crippen molar-refractivity contribution >= 4 is 0 Å². The normalized spacial score (nSPS) is 10.5. The highest BCUT2D eigenvalue weighted by molar-refractivity contribution is 5.27. The molecule has 0 aliphatic heterocycles. The van der Waals surface area contributed by atoms with Crippen LogP contribution in [-0.4, -0.2) is 10.1 Å². The fraction of sp³-hybridized carbons (Fsp3) is 0.333. The lowest BCUT2D eigenvalue weighted by Gasteiger charge is -2.07. The average Bonchev–Trinajstić information content (AvgIpc) is 2.59. The molecule has 0 saturated carbocycles. The van der Waals surface area contributed by atoms with Crippen LogP contribution in [0.4, 0.5) is 0 Å². The fourth-order valence-electron chi connectivity index (χ4n) is 1.60.